The number of rotatable bonds is 7. The molecule has 0 aromatic heterocycles. The minimum atomic E-state index is -0.299. The summed E-state index contributed by atoms with van der Waals surface area (Å²) in [5, 5.41) is 3.02. The highest BCUT2D eigenvalue weighted by molar-refractivity contribution is 6.21. The van der Waals surface area contributed by atoms with E-state index in [1.54, 1.807) is 30.3 Å². The summed E-state index contributed by atoms with van der Waals surface area (Å²) in [5.74, 6) is -0.758. The summed E-state index contributed by atoms with van der Waals surface area (Å²) < 4.78 is 0. The van der Waals surface area contributed by atoms with Gasteiger partial charge in [0.15, 0.2) is 0 Å². The highest BCUT2D eigenvalue weighted by Gasteiger charge is 2.35. The van der Waals surface area contributed by atoms with E-state index in [0.29, 0.717) is 23.2 Å². The third-order valence-electron chi connectivity index (χ3n) is 6.23. The Balaban J connectivity index is 1.39. The monoisotopic (exact) mass is 460 g/mol. The van der Waals surface area contributed by atoms with Crippen LogP contribution in [0.4, 0.5) is 0 Å². The molecule has 0 spiro atoms. The van der Waals surface area contributed by atoms with Gasteiger partial charge in [0.25, 0.3) is 17.7 Å². The highest BCUT2D eigenvalue weighted by Crippen LogP contribution is 2.31. The number of nitrogens with one attached hydrogen (secondary N) is 1. The molecule has 0 saturated heterocycles. The van der Waals surface area contributed by atoms with Crippen LogP contribution >= 0.6 is 0 Å². The second-order valence-corrected chi connectivity index (χ2v) is 8.44. The largest absolute Gasteiger partial charge is 0.352 e. The predicted octanol–water partition coefficient (Wildman–Crippen LogP) is 5.12. The van der Waals surface area contributed by atoms with E-state index in [-0.39, 0.29) is 24.3 Å². The molecule has 0 radical (unpaired) electrons. The van der Waals surface area contributed by atoms with Gasteiger partial charge in [-0.1, -0.05) is 84.9 Å². The Morgan fingerprint density at radius 1 is 0.629 bits per heavy atom. The molecule has 0 unspecified atom stereocenters. The van der Waals surface area contributed by atoms with Gasteiger partial charge >= 0.3 is 0 Å². The molecule has 5 rings (SSSR count). The molecule has 1 N–H and O–H groups in total. The zero-order chi connectivity index (χ0) is 24.2. The summed E-state index contributed by atoms with van der Waals surface area (Å²) in [4.78, 5) is 40.2. The molecule has 172 valence electrons. The zero-order valence-electron chi connectivity index (χ0n) is 19.1. The van der Waals surface area contributed by atoms with Crippen molar-refractivity contribution in [1.29, 1.82) is 0 Å². The van der Waals surface area contributed by atoms with Gasteiger partial charge in [-0.3, -0.25) is 19.3 Å². The highest BCUT2D eigenvalue weighted by atomic mass is 16.2. The van der Waals surface area contributed by atoms with Crippen LogP contribution in [0.15, 0.2) is 103 Å². The molecule has 0 atom stereocenters. The van der Waals surface area contributed by atoms with Crippen molar-refractivity contribution < 1.29 is 14.4 Å². The lowest BCUT2D eigenvalue weighted by Crippen LogP contribution is -2.29. The summed E-state index contributed by atoms with van der Waals surface area (Å²) in [7, 11) is 0. The number of imide groups is 1. The Labute approximate surface area is 204 Å². The first-order chi connectivity index (χ1) is 17.1. The van der Waals surface area contributed by atoms with Crippen LogP contribution in [0.5, 0.6) is 0 Å². The first-order valence-corrected chi connectivity index (χ1v) is 11.6. The molecule has 0 bridgehead atoms. The van der Waals surface area contributed by atoms with Crippen molar-refractivity contribution in [3.8, 4) is 11.1 Å². The SMILES string of the molecule is O=C(NCCc1ccccc1)c1ccccc1-c1ccccc1CN1C(=O)c2ccccc2C1=O. The lowest BCUT2D eigenvalue weighted by atomic mass is 9.94. The van der Waals surface area contributed by atoms with Crippen LogP contribution in [0.2, 0.25) is 0 Å². The molecule has 4 aromatic carbocycles. The lowest BCUT2D eigenvalue weighted by molar-refractivity contribution is 0.0642. The molecular formula is C30H24N2O3. The third kappa shape index (κ3) is 4.49. The Morgan fingerprint density at radius 3 is 1.86 bits per heavy atom. The first-order valence-electron chi connectivity index (χ1n) is 11.6. The van der Waals surface area contributed by atoms with Gasteiger partial charge in [-0.25, -0.2) is 0 Å². The van der Waals surface area contributed by atoms with Gasteiger partial charge in [0, 0.05) is 12.1 Å². The van der Waals surface area contributed by atoms with Crippen LogP contribution in [0, 0.1) is 0 Å². The average molecular weight is 461 g/mol. The standard InChI is InChI=1S/C30H24N2O3/c33-28(31-19-18-21-10-2-1-3-11-21)25-15-7-6-14-24(25)23-13-5-4-12-22(23)20-32-29(34)26-16-8-9-17-27(26)30(32)35/h1-17H,18-20H2,(H,31,33). The number of carbonyl (C=O) groups is 3. The van der Waals surface area contributed by atoms with Gasteiger partial charge in [0.05, 0.1) is 17.7 Å². The number of carbonyl (C=O) groups excluding carboxylic acids is 3. The van der Waals surface area contributed by atoms with Gasteiger partial charge < -0.3 is 5.32 Å². The molecule has 35 heavy (non-hydrogen) atoms. The fraction of sp³-hybridized carbons (Fsp3) is 0.100. The van der Waals surface area contributed by atoms with Crippen molar-refractivity contribution in [1.82, 2.24) is 10.2 Å². The van der Waals surface area contributed by atoms with Gasteiger partial charge in [0.2, 0.25) is 0 Å². The van der Waals surface area contributed by atoms with E-state index < -0.39 is 0 Å². The van der Waals surface area contributed by atoms with Crippen molar-refractivity contribution >= 4 is 17.7 Å². The summed E-state index contributed by atoms with van der Waals surface area (Å²) in [5.41, 5.74) is 4.94. The summed E-state index contributed by atoms with van der Waals surface area (Å²) in [6.45, 7) is 0.653. The Bertz CT molecular complexity index is 1380. The number of hydrogen-bond donors (Lipinski definition) is 1. The number of amides is 3. The topological polar surface area (TPSA) is 66.5 Å². The molecular weight excluding hydrogens is 436 g/mol. The third-order valence-corrected chi connectivity index (χ3v) is 6.23. The molecule has 0 fully saturated rings. The maximum absolute atomic E-state index is 13.1. The van der Waals surface area contributed by atoms with Crippen molar-refractivity contribution in [3.05, 3.63) is 131 Å². The first kappa shape index (κ1) is 22.3. The molecule has 0 saturated carbocycles. The summed E-state index contributed by atoms with van der Waals surface area (Å²) >= 11 is 0. The van der Waals surface area contributed by atoms with Crippen LogP contribution in [-0.2, 0) is 13.0 Å². The lowest BCUT2D eigenvalue weighted by Gasteiger charge is -2.18. The van der Waals surface area contributed by atoms with Gasteiger partial charge in [0.1, 0.15) is 0 Å². The maximum Gasteiger partial charge on any atom is 0.261 e. The quantitative estimate of drug-likeness (QED) is 0.389. The average Bonchev–Trinajstić information content (AvgIpc) is 3.14. The molecule has 1 aliphatic heterocycles. The fourth-order valence-corrected chi connectivity index (χ4v) is 4.45. The smallest absolute Gasteiger partial charge is 0.261 e. The minimum absolute atomic E-state index is 0.131. The number of hydrogen-bond acceptors (Lipinski definition) is 3. The van der Waals surface area contributed by atoms with Gasteiger partial charge in [-0.2, -0.15) is 0 Å². The zero-order valence-corrected chi connectivity index (χ0v) is 19.1. The maximum atomic E-state index is 13.1. The van der Waals surface area contributed by atoms with Crippen LogP contribution in [0.1, 0.15) is 42.2 Å². The van der Waals surface area contributed by atoms with Crippen molar-refractivity contribution in [2.45, 2.75) is 13.0 Å². The van der Waals surface area contributed by atoms with E-state index in [2.05, 4.69) is 5.32 Å². The van der Waals surface area contributed by atoms with Crippen molar-refractivity contribution in [2.75, 3.05) is 6.54 Å². The Hall–Kier alpha value is -4.51. The predicted molar refractivity (Wildman–Crippen MR) is 135 cm³/mol. The van der Waals surface area contributed by atoms with E-state index in [0.717, 1.165) is 28.7 Å². The van der Waals surface area contributed by atoms with E-state index in [1.807, 2.05) is 72.8 Å². The van der Waals surface area contributed by atoms with Gasteiger partial charge in [-0.05, 0) is 46.9 Å². The van der Waals surface area contributed by atoms with E-state index in [1.165, 1.54) is 4.90 Å². The summed E-state index contributed by atoms with van der Waals surface area (Å²) in [6, 6.07) is 31.9. The molecule has 5 nitrogen and oxygen atoms in total. The van der Waals surface area contributed by atoms with E-state index >= 15 is 0 Å². The Kier molecular flexibility index (Phi) is 6.22. The van der Waals surface area contributed by atoms with Crippen LogP contribution in [-0.4, -0.2) is 29.2 Å². The molecule has 4 aromatic rings. The molecule has 1 aliphatic rings. The second-order valence-electron chi connectivity index (χ2n) is 8.44. The molecule has 0 aliphatic carbocycles. The van der Waals surface area contributed by atoms with Crippen molar-refractivity contribution in [2.24, 2.45) is 0 Å². The van der Waals surface area contributed by atoms with Crippen molar-refractivity contribution in [3.63, 3.8) is 0 Å². The summed E-state index contributed by atoms with van der Waals surface area (Å²) in [6.07, 6.45) is 0.741. The molecule has 1 heterocycles. The normalized spacial score (nSPS) is 12.5. The number of nitrogens with zero attached hydrogens (tertiary/aromatic N) is 1. The number of fused-ring (bicyclic) bond motifs is 1. The number of benzene rings is 4. The van der Waals surface area contributed by atoms with Gasteiger partial charge in [-0.15, -0.1) is 0 Å². The van der Waals surface area contributed by atoms with Crippen LogP contribution in [0.3, 0.4) is 0 Å². The molecule has 3 amide bonds. The van der Waals surface area contributed by atoms with E-state index in [4.69, 9.17) is 0 Å². The molecule has 5 heteroatoms. The Morgan fingerprint density at radius 2 is 1.17 bits per heavy atom. The van der Waals surface area contributed by atoms with E-state index in [9.17, 15) is 14.4 Å². The second kappa shape index (κ2) is 9.77. The van der Waals surface area contributed by atoms with Crippen LogP contribution < -0.4 is 5.32 Å². The minimum Gasteiger partial charge on any atom is -0.352 e. The van der Waals surface area contributed by atoms with Crippen LogP contribution in [0.25, 0.3) is 11.1 Å². The fourth-order valence-electron chi connectivity index (χ4n) is 4.45.